The number of anilines is 1. The van der Waals surface area contributed by atoms with Crippen LogP contribution in [-0.4, -0.2) is 8.42 Å². The Morgan fingerprint density at radius 1 is 1.37 bits per heavy atom. The Morgan fingerprint density at radius 2 is 2.11 bits per heavy atom. The Labute approximate surface area is 128 Å². The molecule has 0 unspecified atom stereocenters. The summed E-state index contributed by atoms with van der Waals surface area (Å²) in [4.78, 5) is 0.940. The fourth-order valence-corrected chi connectivity index (χ4v) is 4.23. The van der Waals surface area contributed by atoms with Gasteiger partial charge in [-0.25, -0.2) is 13.1 Å². The van der Waals surface area contributed by atoms with Gasteiger partial charge in [-0.15, -0.1) is 11.3 Å². The van der Waals surface area contributed by atoms with Crippen LogP contribution in [0.3, 0.4) is 0 Å². The van der Waals surface area contributed by atoms with Crippen LogP contribution in [0.1, 0.15) is 4.88 Å². The third-order valence-corrected chi connectivity index (χ3v) is 5.73. The van der Waals surface area contributed by atoms with Crippen LogP contribution in [0.25, 0.3) is 0 Å². The topological polar surface area (TPSA) is 72.2 Å². The van der Waals surface area contributed by atoms with E-state index >= 15 is 0 Å². The van der Waals surface area contributed by atoms with Gasteiger partial charge in [0.25, 0.3) is 0 Å². The zero-order valence-electron chi connectivity index (χ0n) is 9.56. The maximum Gasteiger partial charge on any atom is 0.242 e. The third-order valence-electron chi connectivity index (χ3n) is 2.32. The van der Waals surface area contributed by atoms with Crippen molar-refractivity contribution in [3.05, 3.63) is 44.0 Å². The normalized spacial score (nSPS) is 11.7. The molecule has 0 fully saturated rings. The van der Waals surface area contributed by atoms with Gasteiger partial charge in [0.15, 0.2) is 0 Å². The van der Waals surface area contributed by atoms with Crippen molar-refractivity contribution < 1.29 is 8.42 Å². The van der Waals surface area contributed by atoms with E-state index in [-0.39, 0.29) is 17.1 Å². The van der Waals surface area contributed by atoms with Crippen LogP contribution in [0.5, 0.6) is 0 Å². The Balaban J connectivity index is 2.18. The summed E-state index contributed by atoms with van der Waals surface area (Å²) in [7, 11) is -3.64. The molecule has 8 heteroatoms. The fraction of sp³-hybridized carbons (Fsp3) is 0.0909. The monoisotopic (exact) mass is 380 g/mol. The first-order valence-electron chi connectivity index (χ1n) is 5.16. The first-order chi connectivity index (χ1) is 8.88. The van der Waals surface area contributed by atoms with Crippen LogP contribution in [0.4, 0.5) is 5.69 Å². The third kappa shape index (κ3) is 3.70. The molecular weight excluding hydrogens is 372 g/mol. The predicted octanol–water partition coefficient (Wildman–Crippen LogP) is 3.22. The molecule has 3 N–H and O–H groups in total. The first-order valence-corrected chi connectivity index (χ1v) is 8.69. The molecule has 1 heterocycles. The van der Waals surface area contributed by atoms with E-state index in [4.69, 9.17) is 17.3 Å². The van der Waals surface area contributed by atoms with Crippen molar-refractivity contribution >= 4 is 54.6 Å². The van der Waals surface area contributed by atoms with Gasteiger partial charge in [0.05, 0.1) is 5.69 Å². The van der Waals surface area contributed by atoms with E-state index in [1.807, 2.05) is 11.4 Å². The van der Waals surface area contributed by atoms with Gasteiger partial charge in [0.2, 0.25) is 10.0 Å². The van der Waals surface area contributed by atoms with E-state index in [1.54, 1.807) is 0 Å². The number of nitrogen functional groups attached to an aromatic ring is 1. The van der Waals surface area contributed by atoms with Crippen molar-refractivity contribution in [1.29, 1.82) is 0 Å². The van der Waals surface area contributed by atoms with Gasteiger partial charge >= 0.3 is 0 Å². The molecule has 0 spiro atoms. The van der Waals surface area contributed by atoms with Crippen LogP contribution in [-0.2, 0) is 16.6 Å². The molecule has 19 heavy (non-hydrogen) atoms. The fourth-order valence-electron chi connectivity index (χ4n) is 1.45. The van der Waals surface area contributed by atoms with Crippen molar-refractivity contribution in [2.45, 2.75) is 11.4 Å². The summed E-state index contributed by atoms with van der Waals surface area (Å²) in [5.41, 5.74) is 5.80. The van der Waals surface area contributed by atoms with E-state index in [1.165, 1.54) is 29.5 Å². The second-order valence-electron chi connectivity index (χ2n) is 3.74. The second-order valence-corrected chi connectivity index (χ2v) is 7.82. The molecule has 102 valence electrons. The van der Waals surface area contributed by atoms with Crippen molar-refractivity contribution in [3.63, 3.8) is 0 Å². The molecule has 0 amide bonds. The van der Waals surface area contributed by atoms with Crippen molar-refractivity contribution in [2.75, 3.05) is 5.73 Å². The van der Waals surface area contributed by atoms with Gasteiger partial charge in [-0.1, -0.05) is 11.6 Å². The van der Waals surface area contributed by atoms with Crippen LogP contribution in [0.15, 0.2) is 39.0 Å². The Morgan fingerprint density at radius 3 is 2.68 bits per heavy atom. The smallest absolute Gasteiger partial charge is 0.242 e. The van der Waals surface area contributed by atoms with Crippen molar-refractivity contribution in [3.8, 4) is 0 Å². The molecule has 0 saturated heterocycles. The van der Waals surface area contributed by atoms with Crippen LogP contribution >= 0.6 is 38.9 Å². The molecule has 1 aromatic carbocycles. The minimum Gasteiger partial charge on any atom is -0.398 e. The van der Waals surface area contributed by atoms with E-state index in [2.05, 4.69) is 20.7 Å². The Bertz CT molecular complexity index is 700. The predicted molar refractivity (Wildman–Crippen MR) is 81.9 cm³/mol. The molecular formula is C11H10BrClN2O2S2. The van der Waals surface area contributed by atoms with Crippen LogP contribution in [0.2, 0.25) is 5.02 Å². The number of nitrogens with two attached hydrogens (primary N) is 1. The highest BCUT2D eigenvalue weighted by atomic mass is 79.9. The van der Waals surface area contributed by atoms with Crippen molar-refractivity contribution in [2.24, 2.45) is 0 Å². The molecule has 4 nitrogen and oxygen atoms in total. The molecule has 0 radical (unpaired) electrons. The molecule has 0 saturated carbocycles. The van der Waals surface area contributed by atoms with Crippen LogP contribution < -0.4 is 10.5 Å². The van der Waals surface area contributed by atoms with Gasteiger partial charge in [-0.3, -0.25) is 0 Å². The van der Waals surface area contributed by atoms with Gasteiger partial charge in [0, 0.05) is 26.3 Å². The summed E-state index contributed by atoms with van der Waals surface area (Å²) in [5.74, 6) is 0. The molecule has 0 bridgehead atoms. The number of rotatable bonds is 4. The number of halogens is 2. The lowest BCUT2D eigenvalue weighted by Crippen LogP contribution is -2.23. The first kappa shape index (κ1) is 14.8. The Hall–Kier alpha value is -0.600. The number of thiophene rings is 1. The van der Waals surface area contributed by atoms with Gasteiger partial charge in [0.1, 0.15) is 4.90 Å². The standard InChI is InChI=1S/C11H10BrClN2O2S2/c12-7-3-9(18-6-7)5-15-19(16,17)11-2-1-8(13)4-10(11)14/h1-4,6,15H,5,14H2. The number of hydrogen-bond donors (Lipinski definition) is 2. The van der Waals surface area contributed by atoms with Crippen molar-refractivity contribution in [1.82, 2.24) is 4.72 Å². The average Bonchev–Trinajstić information content (AvgIpc) is 2.72. The van der Waals surface area contributed by atoms with Crippen LogP contribution in [0, 0.1) is 0 Å². The summed E-state index contributed by atoms with van der Waals surface area (Å²) in [5, 5.41) is 2.29. The highest BCUT2D eigenvalue weighted by molar-refractivity contribution is 9.10. The zero-order valence-corrected chi connectivity index (χ0v) is 13.5. The van der Waals surface area contributed by atoms with Gasteiger partial charge in [-0.2, -0.15) is 0 Å². The SMILES string of the molecule is Nc1cc(Cl)ccc1S(=O)(=O)NCc1cc(Br)cs1. The average molecular weight is 382 g/mol. The maximum absolute atomic E-state index is 12.1. The summed E-state index contributed by atoms with van der Waals surface area (Å²) in [6.45, 7) is 0.223. The minimum atomic E-state index is -3.64. The summed E-state index contributed by atoms with van der Waals surface area (Å²) < 4.78 is 27.6. The summed E-state index contributed by atoms with van der Waals surface area (Å²) in [6.07, 6.45) is 0. The van der Waals surface area contributed by atoms with E-state index in [0.29, 0.717) is 5.02 Å². The zero-order chi connectivity index (χ0) is 14.0. The minimum absolute atomic E-state index is 0.0347. The molecule has 0 aliphatic rings. The largest absolute Gasteiger partial charge is 0.398 e. The summed E-state index contributed by atoms with van der Waals surface area (Å²) >= 11 is 10.5. The summed E-state index contributed by atoms with van der Waals surface area (Å²) in [6, 6.07) is 6.16. The number of benzene rings is 1. The van der Waals surface area contributed by atoms with E-state index in [9.17, 15) is 8.42 Å². The Kier molecular flexibility index (Phi) is 4.52. The number of hydrogen-bond acceptors (Lipinski definition) is 4. The highest BCUT2D eigenvalue weighted by Crippen LogP contribution is 2.23. The number of nitrogens with one attached hydrogen (secondary N) is 1. The molecule has 0 aliphatic heterocycles. The maximum atomic E-state index is 12.1. The molecule has 2 rings (SSSR count). The van der Waals surface area contributed by atoms with E-state index < -0.39 is 10.0 Å². The number of sulfonamides is 1. The lowest BCUT2D eigenvalue weighted by atomic mass is 10.3. The quantitative estimate of drug-likeness (QED) is 0.799. The molecule has 1 aromatic heterocycles. The second kappa shape index (κ2) is 5.80. The molecule has 2 aromatic rings. The lowest BCUT2D eigenvalue weighted by molar-refractivity contribution is 0.582. The van der Waals surface area contributed by atoms with Gasteiger partial charge in [-0.05, 0) is 40.2 Å². The lowest BCUT2D eigenvalue weighted by Gasteiger charge is -2.08. The van der Waals surface area contributed by atoms with Gasteiger partial charge < -0.3 is 5.73 Å². The molecule has 0 atom stereocenters. The molecule has 0 aliphatic carbocycles. The highest BCUT2D eigenvalue weighted by Gasteiger charge is 2.17. The van der Waals surface area contributed by atoms with E-state index in [0.717, 1.165) is 9.35 Å².